The molecule has 1 aromatic rings. The predicted molar refractivity (Wildman–Crippen MR) is 67.8 cm³/mol. The second kappa shape index (κ2) is 6.44. The van der Waals surface area contributed by atoms with Gasteiger partial charge in [-0.15, -0.1) is 0 Å². The third-order valence-corrected chi connectivity index (χ3v) is 2.06. The van der Waals surface area contributed by atoms with E-state index in [2.05, 4.69) is 16.6 Å². The van der Waals surface area contributed by atoms with E-state index in [1.807, 2.05) is 0 Å². The number of esters is 1. The van der Waals surface area contributed by atoms with Crippen LogP contribution in [0, 0.1) is 0 Å². The molecule has 0 radical (unpaired) electrons. The number of hydrogen-bond donors (Lipinski definition) is 1. The number of nitrogens with one attached hydrogen (secondary N) is 1. The number of ether oxygens (including phenoxy) is 2. The Morgan fingerprint density at radius 2 is 2.17 bits per heavy atom. The van der Waals surface area contributed by atoms with Gasteiger partial charge in [-0.3, -0.25) is 4.79 Å². The predicted octanol–water partition coefficient (Wildman–Crippen LogP) is 2.00. The molecule has 1 rings (SSSR count). The fourth-order valence-electron chi connectivity index (χ4n) is 1.35. The molecule has 5 nitrogen and oxygen atoms in total. The highest BCUT2D eigenvalue weighted by Crippen LogP contribution is 2.24. The highest BCUT2D eigenvalue weighted by atomic mass is 16.5. The SMILES string of the molecule is C=CCOc1cc(NC(C)=O)ccc1C(=O)OC. The van der Waals surface area contributed by atoms with E-state index in [0.717, 1.165) is 0 Å². The van der Waals surface area contributed by atoms with Crippen molar-refractivity contribution >= 4 is 17.6 Å². The molecule has 0 aliphatic carbocycles. The number of anilines is 1. The lowest BCUT2D eigenvalue weighted by atomic mass is 10.2. The molecule has 5 heteroatoms. The molecule has 1 N–H and O–H groups in total. The molecule has 0 bridgehead atoms. The van der Waals surface area contributed by atoms with Crippen LogP contribution in [0.15, 0.2) is 30.9 Å². The number of carbonyl (C=O) groups excluding carboxylic acids is 2. The van der Waals surface area contributed by atoms with E-state index in [1.165, 1.54) is 20.1 Å². The van der Waals surface area contributed by atoms with E-state index in [4.69, 9.17) is 4.74 Å². The molecule has 0 aliphatic heterocycles. The molecular formula is C13H15NO4. The average molecular weight is 249 g/mol. The minimum Gasteiger partial charge on any atom is -0.489 e. The van der Waals surface area contributed by atoms with E-state index in [-0.39, 0.29) is 12.5 Å². The number of hydrogen-bond acceptors (Lipinski definition) is 4. The first-order chi connectivity index (χ1) is 8.58. The van der Waals surface area contributed by atoms with Crippen molar-refractivity contribution in [3.63, 3.8) is 0 Å². The van der Waals surface area contributed by atoms with Gasteiger partial charge >= 0.3 is 5.97 Å². The van der Waals surface area contributed by atoms with Crippen LogP contribution in [0.2, 0.25) is 0 Å². The summed E-state index contributed by atoms with van der Waals surface area (Å²) in [6.07, 6.45) is 1.56. The second-order valence-electron chi connectivity index (χ2n) is 3.48. The molecule has 0 atom stereocenters. The van der Waals surface area contributed by atoms with E-state index in [1.54, 1.807) is 18.2 Å². The highest BCUT2D eigenvalue weighted by molar-refractivity contribution is 5.94. The van der Waals surface area contributed by atoms with Gasteiger partial charge in [-0.1, -0.05) is 12.7 Å². The van der Waals surface area contributed by atoms with Gasteiger partial charge in [0, 0.05) is 18.7 Å². The number of amides is 1. The summed E-state index contributed by atoms with van der Waals surface area (Å²) in [5, 5.41) is 2.61. The first kappa shape index (κ1) is 13.8. The summed E-state index contributed by atoms with van der Waals surface area (Å²) >= 11 is 0. The van der Waals surface area contributed by atoms with Crippen molar-refractivity contribution in [3.05, 3.63) is 36.4 Å². The summed E-state index contributed by atoms with van der Waals surface area (Å²) in [6, 6.07) is 4.71. The Bertz CT molecular complexity index is 468. The van der Waals surface area contributed by atoms with Crippen LogP contribution in [0.1, 0.15) is 17.3 Å². The van der Waals surface area contributed by atoms with Crippen LogP contribution in [0.3, 0.4) is 0 Å². The molecule has 0 saturated heterocycles. The van der Waals surface area contributed by atoms with E-state index in [9.17, 15) is 9.59 Å². The summed E-state index contributed by atoms with van der Waals surface area (Å²) in [5.74, 6) is -0.355. The van der Waals surface area contributed by atoms with Gasteiger partial charge in [0.1, 0.15) is 17.9 Å². The third kappa shape index (κ3) is 3.62. The van der Waals surface area contributed by atoms with Crippen molar-refractivity contribution in [2.24, 2.45) is 0 Å². The number of benzene rings is 1. The second-order valence-corrected chi connectivity index (χ2v) is 3.48. The fraction of sp³-hybridized carbons (Fsp3) is 0.231. The Morgan fingerprint density at radius 3 is 2.72 bits per heavy atom. The largest absolute Gasteiger partial charge is 0.489 e. The maximum atomic E-state index is 11.5. The van der Waals surface area contributed by atoms with Crippen molar-refractivity contribution < 1.29 is 19.1 Å². The maximum absolute atomic E-state index is 11.5. The molecule has 1 amide bonds. The van der Waals surface area contributed by atoms with Gasteiger partial charge in [-0.25, -0.2) is 4.79 Å². The molecule has 0 saturated carbocycles. The van der Waals surface area contributed by atoms with Crippen LogP contribution >= 0.6 is 0 Å². The number of carbonyl (C=O) groups is 2. The maximum Gasteiger partial charge on any atom is 0.341 e. The molecule has 0 aliphatic rings. The molecule has 96 valence electrons. The number of methoxy groups -OCH3 is 1. The van der Waals surface area contributed by atoms with Gasteiger partial charge in [0.25, 0.3) is 0 Å². The van der Waals surface area contributed by atoms with Crippen LogP contribution in [-0.4, -0.2) is 25.6 Å². The summed E-state index contributed by atoms with van der Waals surface area (Å²) in [7, 11) is 1.29. The van der Waals surface area contributed by atoms with Crippen molar-refractivity contribution in [2.75, 3.05) is 19.0 Å². The summed E-state index contributed by atoms with van der Waals surface area (Å²) in [4.78, 5) is 22.5. The molecule has 0 heterocycles. The van der Waals surface area contributed by atoms with E-state index in [0.29, 0.717) is 17.0 Å². The quantitative estimate of drug-likeness (QED) is 0.640. The summed E-state index contributed by atoms with van der Waals surface area (Å²) in [6.45, 7) is 5.19. The minimum absolute atomic E-state index is 0.199. The highest BCUT2D eigenvalue weighted by Gasteiger charge is 2.13. The third-order valence-electron chi connectivity index (χ3n) is 2.06. The first-order valence-corrected chi connectivity index (χ1v) is 5.32. The Kier molecular flexibility index (Phi) is 4.92. The van der Waals surface area contributed by atoms with Crippen molar-refractivity contribution in [2.45, 2.75) is 6.92 Å². The zero-order valence-electron chi connectivity index (χ0n) is 10.4. The molecular weight excluding hydrogens is 234 g/mol. The lowest BCUT2D eigenvalue weighted by Gasteiger charge is -2.11. The molecule has 0 spiro atoms. The van der Waals surface area contributed by atoms with Gasteiger partial charge in [0.2, 0.25) is 5.91 Å². The monoisotopic (exact) mass is 249 g/mol. The van der Waals surface area contributed by atoms with Gasteiger partial charge in [0.05, 0.1) is 7.11 Å². The van der Waals surface area contributed by atoms with Crippen LogP contribution in [-0.2, 0) is 9.53 Å². The smallest absolute Gasteiger partial charge is 0.341 e. The van der Waals surface area contributed by atoms with Crippen molar-refractivity contribution in [3.8, 4) is 5.75 Å². The Balaban J connectivity index is 3.06. The normalized spacial score (nSPS) is 9.44. The topological polar surface area (TPSA) is 64.6 Å². The van der Waals surface area contributed by atoms with Crippen LogP contribution in [0.5, 0.6) is 5.75 Å². The van der Waals surface area contributed by atoms with Crippen LogP contribution < -0.4 is 10.1 Å². The van der Waals surface area contributed by atoms with E-state index < -0.39 is 5.97 Å². The van der Waals surface area contributed by atoms with Gasteiger partial charge in [-0.2, -0.15) is 0 Å². The van der Waals surface area contributed by atoms with E-state index >= 15 is 0 Å². The zero-order chi connectivity index (χ0) is 13.5. The Morgan fingerprint density at radius 1 is 1.44 bits per heavy atom. The van der Waals surface area contributed by atoms with Gasteiger partial charge < -0.3 is 14.8 Å². The molecule has 0 unspecified atom stereocenters. The molecule has 1 aromatic carbocycles. The average Bonchev–Trinajstić information content (AvgIpc) is 2.35. The van der Waals surface area contributed by atoms with Crippen LogP contribution in [0.4, 0.5) is 5.69 Å². The lowest BCUT2D eigenvalue weighted by molar-refractivity contribution is -0.114. The van der Waals surface area contributed by atoms with Crippen molar-refractivity contribution in [1.29, 1.82) is 0 Å². The summed E-state index contributed by atoms with van der Waals surface area (Å²) in [5.41, 5.74) is 0.850. The summed E-state index contributed by atoms with van der Waals surface area (Å²) < 4.78 is 10.0. The zero-order valence-corrected chi connectivity index (χ0v) is 10.4. The molecule has 18 heavy (non-hydrogen) atoms. The molecule has 0 fully saturated rings. The Labute approximate surface area is 105 Å². The Hall–Kier alpha value is -2.30. The standard InChI is InChI=1S/C13H15NO4/c1-4-7-18-12-8-10(14-9(2)15)5-6-11(12)13(16)17-3/h4-6,8H,1,7H2,2-3H3,(H,14,15). The fourth-order valence-corrected chi connectivity index (χ4v) is 1.35. The number of rotatable bonds is 5. The van der Waals surface area contributed by atoms with Crippen LogP contribution in [0.25, 0.3) is 0 Å². The van der Waals surface area contributed by atoms with Gasteiger partial charge in [0.15, 0.2) is 0 Å². The molecule has 0 aromatic heterocycles. The van der Waals surface area contributed by atoms with Crippen molar-refractivity contribution in [1.82, 2.24) is 0 Å². The van der Waals surface area contributed by atoms with Gasteiger partial charge in [-0.05, 0) is 12.1 Å². The first-order valence-electron chi connectivity index (χ1n) is 5.32. The minimum atomic E-state index is -0.497. The lowest BCUT2D eigenvalue weighted by Crippen LogP contribution is -2.09.